The summed E-state index contributed by atoms with van der Waals surface area (Å²) in [6.07, 6.45) is 3.62. The molecule has 3 N–H and O–H groups in total. The van der Waals surface area contributed by atoms with Crippen molar-refractivity contribution in [3.8, 4) is 22.8 Å². The summed E-state index contributed by atoms with van der Waals surface area (Å²) >= 11 is 6.06. The molecule has 1 aliphatic carbocycles. The van der Waals surface area contributed by atoms with Crippen LogP contribution in [0.25, 0.3) is 11.1 Å². The van der Waals surface area contributed by atoms with Gasteiger partial charge < -0.3 is 20.3 Å². The van der Waals surface area contributed by atoms with Gasteiger partial charge in [0.2, 0.25) is 5.88 Å². The summed E-state index contributed by atoms with van der Waals surface area (Å²) < 4.78 is 5.75. The Bertz CT molecular complexity index is 1390. The number of nitrogens with one attached hydrogen (secondary N) is 1. The zero-order valence-corrected chi connectivity index (χ0v) is 22.1. The van der Waals surface area contributed by atoms with E-state index in [1.54, 1.807) is 18.2 Å². The summed E-state index contributed by atoms with van der Waals surface area (Å²) in [7, 11) is 0. The third-order valence-electron chi connectivity index (χ3n) is 6.66. The van der Waals surface area contributed by atoms with E-state index >= 15 is 0 Å². The van der Waals surface area contributed by atoms with Gasteiger partial charge in [-0.05, 0) is 77.4 Å². The highest BCUT2D eigenvalue weighted by molar-refractivity contribution is 6.30. The molecule has 0 fully saturated rings. The number of hydrogen-bond acceptors (Lipinski definition) is 5. The van der Waals surface area contributed by atoms with Gasteiger partial charge in [0.25, 0.3) is 0 Å². The van der Waals surface area contributed by atoms with Gasteiger partial charge in [-0.2, -0.15) is 0 Å². The molecule has 4 aromatic rings. The Morgan fingerprint density at radius 1 is 1.03 bits per heavy atom. The van der Waals surface area contributed by atoms with Crippen LogP contribution in [0, 0.1) is 0 Å². The first-order valence-electron chi connectivity index (χ1n) is 12.2. The Morgan fingerprint density at radius 2 is 1.82 bits per heavy atom. The summed E-state index contributed by atoms with van der Waals surface area (Å²) in [4.78, 5) is 15.0. The van der Waals surface area contributed by atoms with E-state index in [0.717, 1.165) is 36.0 Å². The van der Waals surface area contributed by atoms with Crippen LogP contribution in [0.15, 0.2) is 85.1 Å². The van der Waals surface area contributed by atoms with Crippen LogP contribution in [0.2, 0.25) is 5.02 Å². The van der Waals surface area contributed by atoms with Crippen molar-refractivity contribution < 1.29 is 19.7 Å². The Morgan fingerprint density at radius 3 is 2.53 bits per heavy atom. The van der Waals surface area contributed by atoms with Crippen LogP contribution in [0.1, 0.15) is 39.6 Å². The zero-order valence-electron chi connectivity index (χ0n) is 20.5. The molecule has 1 aliphatic rings. The zero-order chi connectivity index (χ0) is 25.8. The monoisotopic (exact) mass is 550 g/mol. The minimum Gasteiger partial charge on any atom is -0.478 e. The number of benzene rings is 3. The molecule has 0 radical (unpaired) electrons. The number of aryl methyl sites for hydroxylation is 1. The molecule has 0 saturated carbocycles. The largest absolute Gasteiger partial charge is 0.478 e. The molecule has 196 valence electrons. The Kier molecular flexibility index (Phi) is 9.02. The topological polar surface area (TPSA) is 91.7 Å². The fourth-order valence-corrected chi connectivity index (χ4v) is 4.82. The van der Waals surface area contributed by atoms with Crippen molar-refractivity contribution >= 4 is 30.0 Å². The van der Waals surface area contributed by atoms with Gasteiger partial charge in [0.1, 0.15) is 5.75 Å². The predicted molar refractivity (Wildman–Crippen MR) is 151 cm³/mol. The number of aromatic nitrogens is 1. The number of carboxylic acids is 1. The molecule has 0 amide bonds. The number of aliphatic hydroxyl groups excluding tert-OH is 1. The van der Waals surface area contributed by atoms with Gasteiger partial charge in [-0.3, -0.25) is 0 Å². The summed E-state index contributed by atoms with van der Waals surface area (Å²) in [6.45, 7) is 0.482. The molecule has 38 heavy (non-hydrogen) atoms. The molecule has 6 nitrogen and oxygen atoms in total. The minimum atomic E-state index is -1.02. The first-order chi connectivity index (χ1) is 17.9. The van der Waals surface area contributed by atoms with Crippen molar-refractivity contribution in [1.29, 1.82) is 0 Å². The highest BCUT2D eigenvalue weighted by atomic mass is 35.5. The lowest BCUT2D eigenvalue weighted by Crippen LogP contribution is -2.37. The lowest BCUT2D eigenvalue weighted by Gasteiger charge is -2.27. The number of aromatic carboxylic acids is 1. The van der Waals surface area contributed by atoms with Crippen LogP contribution < -0.4 is 10.1 Å². The molecule has 1 aromatic heterocycles. The van der Waals surface area contributed by atoms with Gasteiger partial charge in [-0.25, -0.2) is 9.78 Å². The van der Waals surface area contributed by atoms with Crippen LogP contribution in [0.4, 0.5) is 0 Å². The summed E-state index contributed by atoms with van der Waals surface area (Å²) in [5.74, 6) is -0.0592. The summed E-state index contributed by atoms with van der Waals surface area (Å²) in [5.41, 5.74) is 5.84. The second-order valence-corrected chi connectivity index (χ2v) is 9.66. The molecule has 1 heterocycles. The number of pyridine rings is 1. The van der Waals surface area contributed by atoms with Gasteiger partial charge in [0.15, 0.2) is 0 Å². The third-order valence-corrected chi connectivity index (χ3v) is 6.90. The molecule has 0 saturated heterocycles. The molecular weight excluding hydrogens is 523 g/mol. The van der Waals surface area contributed by atoms with E-state index in [1.807, 2.05) is 36.4 Å². The predicted octanol–water partition coefficient (Wildman–Crippen LogP) is 6.49. The van der Waals surface area contributed by atoms with Crippen LogP contribution in [0.3, 0.4) is 0 Å². The lowest BCUT2D eigenvalue weighted by atomic mass is 9.86. The molecule has 0 spiro atoms. The van der Waals surface area contributed by atoms with Gasteiger partial charge in [0.05, 0.1) is 11.7 Å². The van der Waals surface area contributed by atoms with E-state index in [-0.39, 0.29) is 18.0 Å². The van der Waals surface area contributed by atoms with Crippen LogP contribution >= 0.6 is 24.0 Å². The Balaban J connectivity index is 0.00000336. The van der Waals surface area contributed by atoms with Gasteiger partial charge in [0, 0.05) is 29.9 Å². The molecule has 0 unspecified atom stereocenters. The number of hydrogen-bond donors (Lipinski definition) is 3. The van der Waals surface area contributed by atoms with Gasteiger partial charge >= 0.3 is 5.97 Å². The van der Waals surface area contributed by atoms with Crippen molar-refractivity contribution in [2.24, 2.45) is 0 Å². The number of halogens is 2. The van der Waals surface area contributed by atoms with E-state index < -0.39 is 12.1 Å². The second kappa shape index (κ2) is 12.4. The minimum absolute atomic E-state index is 0. The smallest absolute Gasteiger partial charge is 0.337 e. The number of ether oxygens (including phenoxy) is 1. The first-order valence-corrected chi connectivity index (χ1v) is 12.6. The molecule has 8 heteroatoms. The maximum atomic E-state index is 11.0. The van der Waals surface area contributed by atoms with E-state index in [2.05, 4.69) is 28.5 Å². The van der Waals surface area contributed by atoms with Crippen LogP contribution in [0.5, 0.6) is 11.6 Å². The van der Waals surface area contributed by atoms with Gasteiger partial charge in [-0.15, -0.1) is 12.4 Å². The molecule has 2 atom stereocenters. The first kappa shape index (κ1) is 27.6. The number of carbonyl (C=O) groups is 1. The standard InChI is InChI=1S/C30H27ClN2O4.ClH/c31-25-3-1-2-22(15-25)28(34)18-32-26-10-6-20-4-5-21(14-24(20)16-26)19-7-11-27(12-8-19)37-29-13-9-23(17-33-29)30(35)36;/h1-5,7-9,11-15,17,26,28,32,34H,6,10,16,18H2,(H,35,36);1H/t26-,28-;/m0./s1. The van der Waals surface area contributed by atoms with Crippen LogP contribution in [-0.4, -0.2) is 33.8 Å². The number of carboxylic acid groups (broad SMARTS) is 1. The maximum Gasteiger partial charge on any atom is 0.337 e. The highest BCUT2D eigenvalue weighted by Crippen LogP contribution is 2.30. The van der Waals surface area contributed by atoms with Crippen LogP contribution in [-0.2, 0) is 12.8 Å². The third kappa shape index (κ3) is 6.71. The van der Waals surface area contributed by atoms with Crippen molar-refractivity contribution in [2.45, 2.75) is 31.4 Å². The van der Waals surface area contributed by atoms with Crippen molar-refractivity contribution in [3.05, 3.63) is 112 Å². The average Bonchev–Trinajstić information content (AvgIpc) is 2.92. The Labute approximate surface area is 232 Å². The fraction of sp³-hybridized carbons (Fsp3) is 0.200. The molecular formula is C30H28Cl2N2O4. The normalized spacial score (nSPS) is 15.2. The summed E-state index contributed by atoms with van der Waals surface area (Å²) in [6, 6.07) is 25.0. The van der Waals surface area contributed by atoms with Gasteiger partial charge in [-0.1, -0.05) is 54.1 Å². The SMILES string of the molecule is Cl.O=C(O)c1ccc(Oc2ccc(-c3ccc4c(c3)C[C@@H](NC[C@H](O)c3cccc(Cl)c3)CC4)cc2)nc1. The van der Waals surface area contributed by atoms with Crippen molar-refractivity contribution in [1.82, 2.24) is 10.3 Å². The molecule has 3 aromatic carbocycles. The number of nitrogens with zero attached hydrogens (tertiary/aromatic N) is 1. The van der Waals surface area contributed by atoms with E-state index in [1.165, 1.54) is 23.4 Å². The highest BCUT2D eigenvalue weighted by Gasteiger charge is 2.20. The van der Waals surface area contributed by atoms with E-state index in [0.29, 0.717) is 29.2 Å². The second-order valence-electron chi connectivity index (χ2n) is 9.22. The molecule has 0 aliphatic heterocycles. The van der Waals surface area contributed by atoms with Crippen molar-refractivity contribution in [2.75, 3.05) is 6.54 Å². The fourth-order valence-electron chi connectivity index (χ4n) is 4.62. The van der Waals surface area contributed by atoms with E-state index in [9.17, 15) is 9.90 Å². The number of fused-ring (bicyclic) bond motifs is 1. The molecule has 5 rings (SSSR count). The average molecular weight is 551 g/mol. The maximum absolute atomic E-state index is 11.0. The van der Waals surface area contributed by atoms with Crippen molar-refractivity contribution in [3.63, 3.8) is 0 Å². The van der Waals surface area contributed by atoms with E-state index in [4.69, 9.17) is 21.4 Å². The lowest BCUT2D eigenvalue weighted by molar-refractivity contribution is 0.0696. The quantitative estimate of drug-likeness (QED) is 0.232. The number of aliphatic hydroxyl groups is 1. The Hall–Kier alpha value is -3.42. The molecule has 0 bridgehead atoms. The summed E-state index contributed by atoms with van der Waals surface area (Å²) in [5, 5.41) is 23.7. The number of rotatable bonds is 8.